The van der Waals surface area contributed by atoms with Crippen LogP contribution in [0, 0.1) is 11.8 Å². The van der Waals surface area contributed by atoms with E-state index in [2.05, 4.69) is 33.0 Å². The molecule has 0 saturated carbocycles. The number of aliphatic carboxylic acids is 1. The van der Waals surface area contributed by atoms with Crippen LogP contribution in [0.3, 0.4) is 0 Å². The number of amides is 1. The molecule has 0 rings (SSSR count). The molecule has 0 fully saturated rings. The van der Waals surface area contributed by atoms with Crippen molar-refractivity contribution in [2.75, 3.05) is 20.3 Å². The zero-order chi connectivity index (χ0) is 17.3. The van der Waals surface area contributed by atoms with Gasteiger partial charge in [0.25, 0.3) is 0 Å². The van der Waals surface area contributed by atoms with Crippen LogP contribution in [-0.4, -0.2) is 55.5 Å². The lowest BCUT2D eigenvalue weighted by molar-refractivity contribution is -0.139. The molecule has 0 aromatic heterocycles. The lowest BCUT2D eigenvalue weighted by Crippen LogP contribution is -2.50. The summed E-state index contributed by atoms with van der Waals surface area (Å²) in [4.78, 5) is 22.4. The first kappa shape index (κ1) is 20.8. The average Bonchev–Trinajstić information content (AvgIpc) is 2.37. The Bertz CT molecular complexity index is 339. The van der Waals surface area contributed by atoms with E-state index in [1.54, 1.807) is 0 Å². The van der Waals surface area contributed by atoms with Crippen LogP contribution < -0.4 is 11.1 Å². The highest BCUT2D eigenvalue weighted by Crippen LogP contribution is 2.16. The van der Waals surface area contributed by atoms with Crippen molar-refractivity contribution >= 4 is 11.9 Å². The van der Waals surface area contributed by atoms with E-state index in [1.165, 1.54) is 7.11 Å². The van der Waals surface area contributed by atoms with Crippen molar-refractivity contribution in [2.24, 2.45) is 17.6 Å². The van der Waals surface area contributed by atoms with E-state index in [1.807, 2.05) is 0 Å². The molecule has 4 N–H and O–H groups in total. The minimum absolute atomic E-state index is 0.0731. The van der Waals surface area contributed by atoms with Crippen molar-refractivity contribution in [3.63, 3.8) is 0 Å². The predicted octanol–water partition coefficient (Wildman–Crippen LogP) is 0.617. The van der Waals surface area contributed by atoms with Gasteiger partial charge < -0.3 is 25.6 Å². The summed E-state index contributed by atoms with van der Waals surface area (Å²) in [7, 11) is 1.53. The molecule has 7 nitrogen and oxygen atoms in total. The number of carbonyl (C=O) groups is 2. The monoisotopic (exact) mass is 318 g/mol. The van der Waals surface area contributed by atoms with Crippen molar-refractivity contribution in [1.82, 2.24) is 5.32 Å². The quantitative estimate of drug-likeness (QED) is 0.515. The van der Waals surface area contributed by atoms with E-state index in [0.717, 1.165) is 0 Å². The first-order valence-electron chi connectivity index (χ1n) is 7.57. The normalized spacial score (nSPS) is 14.4. The Kier molecular flexibility index (Phi) is 9.97. The van der Waals surface area contributed by atoms with Crippen molar-refractivity contribution < 1.29 is 24.2 Å². The van der Waals surface area contributed by atoms with Crippen molar-refractivity contribution in [3.05, 3.63) is 0 Å². The van der Waals surface area contributed by atoms with Gasteiger partial charge in [0.15, 0.2) is 0 Å². The highest BCUT2D eigenvalue weighted by atomic mass is 16.5. The Labute approximate surface area is 132 Å². The summed E-state index contributed by atoms with van der Waals surface area (Å²) < 4.78 is 11.0. The van der Waals surface area contributed by atoms with Crippen LogP contribution in [0.4, 0.5) is 0 Å². The van der Waals surface area contributed by atoms with E-state index in [4.69, 9.17) is 20.3 Å². The predicted molar refractivity (Wildman–Crippen MR) is 83.5 cm³/mol. The minimum atomic E-state index is -1.11. The number of carboxylic acid groups (broad SMARTS) is 1. The zero-order valence-corrected chi connectivity index (χ0v) is 14.2. The number of hydrogen-bond donors (Lipinski definition) is 3. The number of nitrogens with one attached hydrogen (secondary N) is 1. The molecule has 0 aromatic carbocycles. The molecular weight excluding hydrogens is 288 g/mol. The summed E-state index contributed by atoms with van der Waals surface area (Å²) in [6.45, 7) is 8.89. The molecular formula is C15H30N2O5. The van der Waals surface area contributed by atoms with Gasteiger partial charge in [-0.25, -0.2) is 0 Å². The summed E-state index contributed by atoms with van der Waals surface area (Å²) in [5.41, 5.74) is 5.54. The molecule has 1 amide bonds. The molecule has 7 heteroatoms. The molecule has 2 atom stereocenters. The fraction of sp³-hybridized carbons (Fsp3) is 0.867. The molecule has 0 bridgehead atoms. The third-order valence-electron chi connectivity index (χ3n) is 3.25. The molecule has 0 saturated heterocycles. The number of rotatable bonds is 11. The van der Waals surface area contributed by atoms with Crippen LogP contribution in [0.2, 0.25) is 0 Å². The minimum Gasteiger partial charge on any atom is -0.481 e. The van der Waals surface area contributed by atoms with Crippen molar-refractivity contribution in [2.45, 2.75) is 52.3 Å². The molecule has 130 valence electrons. The van der Waals surface area contributed by atoms with Gasteiger partial charge >= 0.3 is 5.97 Å². The lowest BCUT2D eigenvalue weighted by Gasteiger charge is -2.28. The Morgan fingerprint density at radius 3 is 2.09 bits per heavy atom. The number of methoxy groups -OCH3 is 1. The maximum absolute atomic E-state index is 11.9. The smallest absolute Gasteiger partial charge is 0.305 e. The topological polar surface area (TPSA) is 111 Å². The second-order valence-electron chi connectivity index (χ2n) is 6.15. The molecule has 0 heterocycles. The SMILES string of the molecule is COCC(COC(C(C)C)C(C)C)NC(=O)[C@@H](N)CC(=O)O. The Hall–Kier alpha value is -1.18. The highest BCUT2D eigenvalue weighted by Gasteiger charge is 2.23. The summed E-state index contributed by atoms with van der Waals surface area (Å²) in [6.07, 6.45) is -0.337. The molecule has 0 aromatic rings. The maximum Gasteiger partial charge on any atom is 0.305 e. The largest absolute Gasteiger partial charge is 0.481 e. The van der Waals surface area contributed by atoms with Crippen LogP contribution >= 0.6 is 0 Å². The number of nitrogens with two attached hydrogens (primary N) is 1. The summed E-state index contributed by atoms with van der Waals surface area (Å²) in [5, 5.41) is 11.3. The fourth-order valence-corrected chi connectivity index (χ4v) is 2.30. The van der Waals surface area contributed by atoms with Gasteiger partial charge in [-0.3, -0.25) is 9.59 Å². The Morgan fingerprint density at radius 2 is 1.68 bits per heavy atom. The number of hydrogen-bond acceptors (Lipinski definition) is 5. The van der Waals surface area contributed by atoms with Gasteiger partial charge in [-0.05, 0) is 11.8 Å². The van der Waals surface area contributed by atoms with Crippen LogP contribution in [-0.2, 0) is 19.1 Å². The van der Waals surface area contributed by atoms with E-state index < -0.39 is 24.3 Å². The fourth-order valence-electron chi connectivity index (χ4n) is 2.30. The number of carbonyl (C=O) groups excluding carboxylic acids is 1. The molecule has 0 aliphatic carbocycles. The molecule has 1 unspecified atom stereocenters. The summed E-state index contributed by atoms with van der Waals surface area (Å²) in [5.74, 6) is -0.915. The van der Waals surface area contributed by atoms with E-state index in [0.29, 0.717) is 18.4 Å². The Morgan fingerprint density at radius 1 is 1.14 bits per heavy atom. The van der Waals surface area contributed by atoms with Gasteiger partial charge in [-0.1, -0.05) is 27.7 Å². The first-order chi connectivity index (χ1) is 10.2. The number of carboxylic acids is 1. The van der Waals surface area contributed by atoms with E-state index in [9.17, 15) is 9.59 Å². The van der Waals surface area contributed by atoms with Gasteiger partial charge in [0, 0.05) is 7.11 Å². The molecule has 22 heavy (non-hydrogen) atoms. The van der Waals surface area contributed by atoms with E-state index in [-0.39, 0.29) is 18.8 Å². The lowest BCUT2D eigenvalue weighted by atomic mass is 9.96. The van der Waals surface area contributed by atoms with Crippen molar-refractivity contribution in [1.29, 1.82) is 0 Å². The average molecular weight is 318 g/mol. The van der Waals surface area contributed by atoms with Crippen molar-refractivity contribution in [3.8, 4) is 0 Å². The van der Waals surface area contributed by atoms with E-state index >= 15 is 0 Å². The molecule has 0 radical (unpaired) electrons. The van der Waals surface area contributed by atoms with Gasteiger partial charge in [-0.2, -0.15) is 0 Å². The summed E-state index contributed by atoms with van der Waals surface area (Å²) in [6, 6.07) is -1.44. The van der Waals surface area contributed by atoms with Crippen LogP contribution in [0.1, 0.15) is 34.1 Å². The molecule has 0 spiro atoms. The zero-order valence-electron chi connectivity index (χ0n) is 14.2. The van der Waals surface area contributed by atoms with Gasteiger partial charge in [0.05, 0.1) is 37.8 Å². The second kappa shape index (κ2) is 10.5. The first-order valence-corrected chi connectivity index (χ1v) is 7.57. The third-order valence-corrected chi connectivity index (χ3v) is 3.25. The molecule has 0 aliphatic rings. The highest BCUT2D eigenvalue weighted by molar-refractivity contribution is 5.86. The van der Waals surface area contributed by atoms with Gasteiger partial charge in [0.2, 0.25) is 5.91 Å². The maximum atomic E-state index is 11.9. The van der Waals surface area contributed by atoms with Crippen LogP contribution in [0.25, 0.3) is 0 Å². The van der Waals surface area contributed by atoms with Crippen LogP contribution in [0.15, 0.2) is 0 Å². The number of ether oxygens (including phenoxy) is 2. The van der Waals surface area contributed by atoms with Gasteiger partial charge in [-0.15, -0.1) is 0 Å². The van der Waals surface area contributed by atoms with Gasteiger partial charge in [0.1, 0.15) is 0 Å². The van der Waals surface area contributed by atoms with Crippen LogP contribution in [0.5, 0.6) is 0 Å². The molecule has 0 aliphatic heterocycles. The summed E-state index contributed by atoms with van der Waals surface area (Å²) >= 11 is 0. The Balaban J connectivity index is 4.53. The standard InChI is InChI=1S/C15H30N2O5/c1-9(2)14(10(3)4)22-8-11(7-21-5)17-15(20)12(16)6-13(18)19/h9-12,14H,6-8,16H2,1-5H3,(H,17,20)(H,18,19)/t11?,12-/m0/s1. The second-order valence-corrected chi connectivity index (χ2v) is 6.15. The third kappa shape index (κ3) is 8.31.